The first-order chi connectivity index (χ1) is 10.2. The zero-order valence-electron chi connectivity index (χ0n) is 11.5. The van der Waals surface area contributed by atoms with Gasteiger partial charge in [-0.2, -0.15) is 0 Å². The van der Waals surface area contributed by atoms with Gasteiger partial charge in [0.25, 0.3) is 0 Å². The fraction of sp³-hybridized carbons (Fsp3) is 0.125. The predicted octanol–water partition coefficient (Wildman–Crippen LogP) is 3.80. The van der Waals surface area contributed by atoms with E-state index in [0.717, 1.165) is 16.8 Å². The van der Waals surface area contributed by atoms with Crippen molar-refractivity contribution in [3.8, 4) is 11.5 Å². The Morgan fingerprint density at radius 2 is 1.90 bits per heavy atom. The summed E-state index contributed by atoms with van der Waals surface area (Å²) in [4.78, 5) is 0. The van der Waals surface area contributed by atoms with Crippen molar-refractivity contribution in [3.05, 3.63) is 65.8 Å². The van der Waals surface area contributed by atoms with Gasteiger partial charge in [0.05, 0.1) is 6.54 Å². The molecule has 0 aliphatic rings. The number of rotatable bonds is 4. The lowest BCUT2D eigenvalue weighted by Crippen LogP contribution is -1.99. The van der Waals surface area contributed by atoms with E-state index in [2.05, 4.69) is 15.5 Å². The summed E-state index contributed by atoms with van der Waals surface area (Å²) in [6, 6.07) is 14.0. The van der Waals surface area contributed by atoms with Gasteiger partial charge in [0.1, 0.15) is 5.82 Å². The van der Waals surface area contributed by atoms with E-state index in [1.165, 1.54) is 12.1 Å². The van der Waals surface area contributed by atoms with Crippen molar-refractivity contribution in [2.24, 2.45) is 0 Å². The van der Waals surface area contributed by atoms with Crippen molar-refractivity contribution in [1.82, 2.24) is 10.2 Å². The topological polar surface area (TPSA) is 51.0 Å². The van der Waals surface area contributed by atoms with Crippen molar-refractivity contribution < 1.29 is 8.81 Å². The Kier molecular flexibility index (Phi) is 3.64. The third-order valence-electron chi connectivity index (χ3n) is 3.02. The van der Waals surface area contributed by atoms with Crippen LogP contribution in [0.2, 0.25) is 0 Å². The SMILES string of the molecule is Cc1cccc(-c2nnc(CNc3ccc(F)cc3)o2)c1. The second-order valence-corrected chi connectivity index (χ2v) is 4.73. The third kappa shape index (κ3) is 3.25. The highest BCUT2D eigenvalue weighted by atomic mass is 19.1. The van der Waals surface area contributed by atoms with Gasteiger partial charge in [-0.3, -0.25) is 0 Å². The molecule has 106 valence electrons. The minimum atomic E-state index is -0.264. The molecule has 0 atom stereocenters. The first-order valence-electron chi connectivity index (χ1n) is 6.59. The lowest BCUT2D eigenvalue weighted by atomic mass is 10.1. The number of nitrogens with zero attached hydrogens (tertiary/aromatic N) is 2. The number of hydrogen-bond donors (Lipinski definition) is 1. The molecule has 0 bridgehead atoms. The molecule has 0 fully saturated rings. The lowest BCUT2D eigenvalue weighted by molar-refractivity contribution is 0.515. The zero-order valence-corrected chi connectivity index (χ0v) is 11.5. The molecule has 21 heavy (non-hydrogen) atoms. The largest absolute Gasteiger partial charge is 0.419 e. The van der Waals surface area contributed by atoms with Crippen LogP contribution in [0.3, 0.4) is 0 Å². The van der Waals surface area contributed by atoms with Crippen LogP contribution in [-0.2, 0) is 6.54 Å². The number of nitrogens with one attached hydrogen (secondary N) is 1. The molecular weight excluding hydrogens is 269 g/mol. The molecule has 0 aliphatic heterocycles. The Morgan fingerprint density at radius 1 is 1.10 bits per heavy atom. The van der Waals surface area contributed by atoms with Crippen LogP contribution in [0.25, 0.3) is 11.5 Å². The van der Waals surface area contributed by atoms with Gasteiger partial charge in [-0.15, -0.1) is 10.2 Å². The first kappa shape index (κ1) is 13.3. The Morgan fingerprint density at radius 3 is 2.67 bits per heavy atom. The summed E-state index contributed by atoms with van der Waals surface area (Å²) in [5.74, 6) is 0.713. The van der Waals surface area contributed by atoms with Crippen molar-refractivity contribution in [1.29, 1.82) is 0 Å². The van der Waals surface area contributed by atoms with Crippen LogP contribution in [-0.4, -0.2) is 10.2 Å². The Bertz CT molecular complexity index is 737. The van der Waals surface area contributed by atoms with Crippen molar-refractivity contribution in [3.63, 3.8) is 0 Å². The molecule has 0 radical (unpaired) electrons. The molecule has 0 saturated heterocycles. The Hall–Kier alpha value is -2.69. The maximum absolute atomic E-state index is 12.8. The van der Waals surface area contributed by atoms with E-state index in [1.54, 1.807) is 12.1 Å². The minimum Gasteiger partial charge on any atom is -0.419 e. The van der Waals surface area contributed by atoms with Crippen LogP contribution in [0.4, 0.5) is 10.1 Å². The summed E-state index contributed by atoms with van der Waals surface area (Å²) in [6.07, 6.45) is 0. The first-order valence-corrected chi connectivity index (χ1v) is 6.59. The maximum atomic E-state index is 12.8. The van der Waals surface area contributed by atoms with Crippen LogP contribution >= 0.6 is 0 Å². The van der Waals surface area contributed by atoms with Gasteiger partial charge in [0.2, 0.25) is 11.8 Å². The molecule has 2 aromatic carbocycles. The monoisotopic (exact) mass is 283 g/mol. The molecule has 0 saturated carbocycles. The van der Waals surface area contributed by atoms with E-state index < -0.39 is 0 Å². The summed E-state index contributed by atoms with van der Waals surface area (Å²) in [7, 11) is 0. The summed E-state index contributed by atoms with van der Waals surface area (Å²) in [6.45, 7) is 2.40. The second kappa shape index (κ2) is 5.75. The van der Waals surface area contributed by atoms with Gasteiger partial charge >= 0.3 is 0 Å². The second-order valence-electron chi connectivity index (χ2n) is 4.73. The number of anilines is 1. The Labute approximate surface area is 121 Å². The summed E-state index contributed by atoms with van der Waals surface area (Å²) in [5.41, 5.74) is 2.83. The van der Waals surface area contributed by atoms with Gasteiger partial charge in [-0.05, 0) is 43.3 Å². The van der Waals surface area contributed by atoms with Crippen molar-refractivity contribution >= 4 is 5.69 Å². The van der Waals surface area contributed by atoms with E-state index in [0.29, 0.717) is 18.3 Å². The van der Waals surface area contributed by atoms with Gasteiger partial charge in [-0.1, -0.05) is 17.7 Å². The molecule has 0 amide bonds. The van der Waals surface area contributed by atoms with Crippen LogP contribution in [0, 0.1) is 12.7 Å². The maximum Gasteiger partial charge on any atom is 0.247 e. The lowest BCUT2D eigenvalue weighted by Gasteiger charge is -2.02. The predicted molar refractivity (Wildman–Crippen MR) is 78.2 cm³/mol. The van der Waals surface area contributed by atoms with Gasteiger partial charge in [-0.25, -0.2) is 4.39 Å². The highest BCUT2D eigenvalue weighted by Gasteiger charge is 2.08. The third-order valence-corrected chi connectivity index (χ3v) is 3.02. The van der Waals surface area contributed by atoms with Crippen LogP contribution in [0.5, 0.6) is 0 Å². The van der Waals surface area contributed by atoms with Crippen molar-refractivity contribution in [2.45, 2.75) is 13.5 Å². The quantitative estimate of drug-likeness (QED) is 0.791. The van der Waals surface area contributed by atoms with Gasteiger partial charge < -0.3 is 9.73 Å². The molecule has 1 aromatic heterocycles. The normalized spacial score (nSPS) is 10.6. The number of aromatic nitrogens is 2. The van der Waals surface area contributed by atoms with E-state index in [1.807, 2.05) is 31.2 Å². The molecule has 3 rings (SSSR count). The summed E-state index contributed by atoms with van der Waals surface area (Å²) >= 11 is 0. The Balaban J connectivity index is 1.69. The highest BCUT2D eigenvalue weighted by Crippen LogP contribution is 2.19. The fourth-order valence-electron chi connectivity index (χ4n) is 1.97. The molecule has 0 aliphatic carbocycles. The van der Waals surface area contributed by atoms with Crippen LogP contribution < -0.4 is 5.32 Å². The highest BCUT2D eigenvalue weighted by molar-refractivity contribution is 5.53. The van der Waals surface area contributed by atoms with Crippen molar-refractivity contribution in [2.75, 3.05) is 5.32 Å². The number of hydrogen-bond acceptors (Lipinski definition) is 4. The summed E-state index contributed by atoms with van der Waals surface area (Å²) < 4.78 is 18.4. The fourth-order valence-corrected chi connectivity index (χ4v) is 1.97. The molecular formula is C16H14FN3O. The molecule has 3 aromatic rings. The van der Waals surface area contributed by atoms with E-state index in [-0.39, 0.29) is 5.82 Å². The molecule has 1 heterocycles. The van der Waals surface area contributed by atoms with E-state index in [4.69, 9.17) is 4.42 Å². The molecule has 0 unspecified atom stereocenters. The average Bonchev–Trinajstić information content (AvgIpc) is 2.96. The van der Waals surface area contributed by atoms with E-state index in [9.17, 15) is 4.39 Å². The molecule has 0 spiro atoms. The minimum absolute atomic E-state index is 0.264. The number of halogens is 1. The zero-order chi connectivity index (χ0) is 14.7. The standard InChI is InChI=1S/C16H14FN3O/c1-11-3-2-4-12(9-11)16-20-19-15(21-16)10-18-14-7-5-13(17)6-8-14/h2-9,18H,10H2,1H3. The number of benzene rings is 2. The number of aryl methyl sites for hydroxylation is 1. The van der Waals surface area contributed by atoms with E-state index >= 15 is 0 Å². The molecule has 4 nitrogen and oxygen atoms in total. The van der Waals surface area contributed by atoms with Gasteiger partial charge in [0.15, 0.2) is 0 Å². The van der Waals surface area contributed by atoms with Crippen LogP contribution in [0.15, 0.2) is 52.9 Å². The summed E-state index contributed by atoms with van der Waals surface area (Å²) in [5, 5.41) is 11.1. The van der Waals surface area contributed by atoms with Crippen LogP contribution in [0.1, 0.15) is 11.5 Å². The smallest absolute Gasteiger partial charge is 0.247 e. The molecule has 5 heteroatoms. The molecule has 1 N–H and O–H groups in total. The average molecular weight is 283 g/mol. The van der Waals surface area contributed by atoms with Gasteiger partial charge in [0, 0.05) is 11.3 Å².